The lowest BCUT2D eigenvalue weighted by molar-refractivity contribution is -0.122. The second-order valence-electron chi connectivity index (χ2n) is 6.77. The third-order valence-corrected chi connectivity index (χ3v) is 6.15. The Bertz CT molecular complexity index is 924. The van der Waals surface area contributed by atoms with Gasteiger partial charge in [-0.2, -0.15) is 4.98 Å². The Morgan fingerprint density at radius 2 is 2.12 bits per heavy atom. The van der Waals surface area contributed by atoms with Crippen molar-refractivity contribution in [3.8, 4) is 0 Å². The van der Waals surface area contributed by atoms with Crippen LogP contribution in [0.4, 0.5) is 5.13 Å². The number of thiazole rings is 1. The number of carbonyl (C=O) groups is 1. The largest absolute Gasteiger partial charge is 0.348 e. The lowest BCUT2D eigenvalue weighted by atomic mass is 10.1. The van der Waals surface area contributed by atoms with E-state index in [0.717, 1.165) is 40.4 Å². The number of pyridine rings is 1. The monoisotopic (exact) mass is 366 g/mol. The first-order chi connectivity index (χ1) is 12.6. The Hall–Kier alpha value is -2.47. The van der Waals surface area contributed by atoms with Crippen molar-refractivity contribution in [2.24, 2.45) is 0 Å². The molecule has 1 aliphatic rings. The van der Waals surface area contributed by atoms with Crippen molar-refractivity contribution in [1.82, 2.24) is 15.3 Å². The molecule has 26 heavy (non-hydrogen) atoms. The van der Waals surface area contributed by atoms with Crippen LogP contribution in [0.3, 0.4) is 0 Å². The molecule has 1 saturated heterocycles. The summed E-state index contributed by atoms with van der Waals surface area (Å²) in [6.07, 6.45) is 3.65. The van der Waals surface area contributed by atoms with E-state index in [0.29, 0.717) is 0 Å². The number of nitrogens with zero attached hydrogens (tertiary/aromatic N) is 3. The Morgan fingerprint density at radius 1 is 1.31 bits per heavy atom. The first-order valence-corrected chi connectivity index (χ1v) is 9.79. The van der Waals surface area contributed by atoms with Crippen LogP contribution in [0.2, 0.25) is 0 Å². The number of amides is 1. The molecule has 1 aliphatic heterocycles. The van der Waals surface area contributed by atoms with Gasteiger partial charge in [0.05, 0.1) is 10.7 Å². The zero-order valence-electron chi connectivity index (χ0n) is 15.0. The third kappa shape index (κ3) is 3.17. The topological polar surface area (TPSA) is 58.1 Å². The van der Waals surface area contributed by atoms with Gasteiger partial charge in [-0.15, -0.1) is 0 Å². The van der Waals surface area contributed by atoms with Gasteiger partial charge in [0, 0.05) is 12.7 Å². The van der Waals surface area contributed by atoms with Gasteiger partial charge in [-0.25, -0.2) is 4.98 Å². The van der Waals surface area contributed by atoms with Gasteiger partial charge in [0.25, 0.3) is 0 Å². The first-order valence-electron chi connectivity index (χ1n) is 8.97. The van der Waals surface area contributed by atoms with Crippen molar-refractivity contribution >= 4 is 32.7 Å². The summed E-state index contributed by atoms with van der Waals surface area (Å²) in [4.78, 5) is 24.1. The molecule has 2 atom stereocenters. The average molecular weight is 366 g/mol. The van der Waals surface area contributed by atoms with Crippen molar-refractivity contribution < 1.29 is 4.79 Å². The lowest BCUT2D eigenvalue weighted by Crippen LogP contribution is -2.44. The Labute approximate surface area is 157 Å². The Kier molecular flexibility index (Phi) is 4.59. The van der Waals surface area contributed by atoms with E-state index in [1.165, 1.54) is 5.56 Å². The molecule has 0 bridgehead atoms. The Balaban J connectivity index is 1.54. The number of aromatic nitrogens is 2. The minimum Gasteiger partial charge on any atom is -0.348 e. The van der Waals surface area contributed by atoms with Gasteiger partial charge in [0.1, 0.15) is 6.04 Å². The summed E-state index contributed by atoms with van der Waals surface area (Å²) < 4.78 is 1.10. The SMILES string of the molecule is Cc1ccnc2nc(N3CCC[C@@H]3C(=O)N[C@H](C)c3ccccc3)sc12. The van der Waals surface area contributed by atoms with Crippen LogP contribution in [-0.4, -0.2) is 28.5 Å². The molecule has 1 aromatic carbocycles. The molecular formula is C20H22N4OS. The molecule has 6 heteroatoms. The summed E-state index contributed by atoms with van der Waals surface area (Å²) in [7, 11) is 0. The summed E-state index contributed by atoms with van der Waals surface area (Å²) >= 11 is 1.63. The van der Waals surface area contributed by atoms with Gasteiger partial charge in [0.15, 0.2) is 10.8 Å². The van der Waals surface area contributed by atoms with E-state index in [2.05, 4.69) is 27.1 Å². The summed E-state index contributed by atoms with van der Waals surface area (Å²) in [6.45, 7) is 4.95. The fourth-order valence-corrected chi connectivity index (χ4v) is 4.54. The van der Waals surface area contributed by atoms with Crippen molar-refractivity contribution in [3.05, 3.63) is 53.7 Å². The number of fused-ring (bicyclic) bond motifs is 1. The summed E-state index contributed by atoms with van der Waals surface area (Å²) in [5.74, 6) is 0.0720. The fraction of sp³-hybridized carbons (Fsp3) is 0.350. The molecule has 1 N–H and O–H groups in total. The predicted octanol–water partition coefficient (Wildman–Crippen LogP) is 3.85. The Morgan fingerprint density at radius 3 is 2.88 bits per heavy atom. The zero-order valence-corrected chi connectivity index (χ0v) is 15.8. The van der Waals surface area contributed by atoms with Crippen LogP contribution in [-0.2, 0) is 4.79 Å². The van der Waals surface area contributed by atoms with Crippen LogP contribution < -0.4 is 10.2 Å². The van der Waals surface area contributed by atoms with E-state index < -0.39 is 0 Å². The van der Waals surface area contributed by atoms with Gasteiger partial charge >= 0.3 is 0 Å². The van der Waals surface area contributed by atoms with Crippen LogP contribution in [0.5, 0.6) is 0 Å². The van der Waals surface area contributed by atoms with Gasteiger partial charge in [-0.3, -0.25) is 4.79 Å². The van der Waals surface area contributed by atoms with Crippen LogP contribution in [0, 0.1) is 6.92 Å². The molecule has 2 aromatic heterocycles. The smallest absolute Gasteiger partial charge is 0.243 e. The number of rotatable bonds is 4. The molecule has 0 unspecified atom stereocenters. The minimum atomic E-state index is -0.165. The summed E-state index contributed by atoms with van der Waals surface area (Å²) in [5, 5.41) is 4.06. The van der Waals surface area contributed by atoms with Crippen molar-refractivity contribution in [2.45, 2.75) is 38.8 Å². The van der Waals surface area contributed by atoms with Crippen LogP contribution in [0.1, 0.15) is 36.9 Å². The molecule has 1 fully saturated rings. The second-order valence-corrected chi connectivity index (χ2v) is 7.75. The molecule has 4 rings (SSSR count). The molecular weight excluding hydrogens is 344 g/mol. The third-order valence-electron chi connectivity index (χ3n) is 4.94. The highest BCUT2D eigenvalue weighted by molar-refractivity contribution is 7.22. The molecule has 3 aromatic rings. The number of anilines is 1. The number of hydrogen-bond donors (Lipinski definition) is 1. The minimum absolute atomic E-state index is 0.00886. The second kappa shape index (κ2) is 7.03. The maximum absolute atomic E-state index is 12.9. The first kappa shape index (κ1) is 17.0. The normalized spacial score (nSPS) is 18.2. The molecule has 3 heterocycles. The number of aryl methyl sites for hydroxylation is 1. The molecule has 5 nitrogen and oxygen atoms in total. The van der Waals surface area contributed by atoms with E-state index in [9.17, 15) is 4.79 Å². The summed E-state index contributed by atoms with van der Waals surface area (Å²) in [6, 6.07) is 11.9. The summed E-state index contributed by atoms with van der Waals surface area (Å²) in [5.41, 5.74) is 3.07. The average Bonchev–Trinajstić information content (AvgIpc) is 3.29. The molecule has 0 aliphatic carbocycles. The maximum Gasteiger partial charge on any atom is 0.243 e. The molecule has 0 saturated carbocycles. The van der Waals surface area contributed by atoms with Gasteiger partial charge in [0.2, 0.25) is 5.91 Å². The maximum atomic E-state index is 12.9. The number of nitrogens with one attached hydrogen (secondary N) is 1. The highest BCUT2D eigenvalue weighted by Gasteiger charge is 2.33. The van der Waals surface area contributed by atoms with Crippen molar-refractivity contribution in [1.29, 1.82) is 0 Å². The lowest BCUT2D eigenvalue weighted by Gasteiger charge is -2.25. The van der Waals surface area contributed by atoms with E-state index in [1.54, 1.807) is 17.5 Å². The highest BCUT2D eigenvalue weighted by atomic mass is 32.1. The number of hydrogen-bond acceptors (Lipinski definition) is 5. The van der Waals surface area contributed by atoms with E-state index in [4.69, 9.17) is 0 Å². The van der Waals surface area contributed by atoms with Crippen LogP contribution in [0.25, 0.3) is 10.3 Å². The quantitative estimate of drug-likeness (QED) is 0.762. The van der Waals surface area contributed by atoms with Crippen molar-refractivity contribution in [2.75, 3.05) is 11.4 Å². The van der Waals surface area contributed by atoms with E-state index >= 15 is 0 Å². The molecule has 0 radical (unpaired) electrons. The number of carbonyl (C=O) groups excluding carboxylic acids is 1. The fourth-order valence-electron chi connectivity index (χ4n) is 3.47. The molecule has 0 spiro atoms. The van der Waals surface area contributed by atoms with Gasteiger partial charge < -0.3 is 10.2 Å². The standard InChI is InChI=1S/C20H22N4OS/c1-13-10-11-21-18-17(13)26-20(23-18)24-12-6-9-16(24)19(25)22-14(2)15-7-4-3-5-8-15/h3-5,7-8,10-11,14,16H,6,9,12H2,1-2H3,(H,22,25)/t14-,16-/m1/s1. The van der Waals surface area contributed by atoms with Gasteiger partial charge in [-0.05, 0) is 43.9 Å². The van der Waals surface area contributed by atoms with Gasteiger partial charge in [-0.1, -0.05) is 41.7 Å². The molecule has 134 valence electrons. The number of benzene rings is 1. The van der Waals surface area contributed by atoms with Crippen LogP contribution >= 0.6 is 11.3 Å². The van der Waals surface area contributed by atoms with Crippen molar-refractivity contribution in [3.63, 3.8) is 0 Å². The van der Waals surface area contributed by atoms with E-state index in [1.807, 2.05) is 43.3 Å². The zero-order chi connectivity index (χ0) is 18.1. The van der Waals surface area contributed by atoms with E-state index in [-0.39, 0.29) is 18.0 Å². The molecule has 1 amide bonds. The highest BCUT2D eigenvalue weighted by Crippen LogP contribution is 2.34. The predicted molar refractivity (Wildman–Crippen MR) is 106 cm³/mol. The van der Waals surface area contributed by atoms with Crippen LogP contribution in [0.15, 0.2) is 42.6 Å².